The van der Waals surface area contributed by atoms with Gasteiger partial charge in [-0.1, -0.05) is 115 Å². The van der Waals surface area contributed by atoms with Crippen LogP contribution in [-0.2, 0) is 22.4 Å². The number of rotatable bonds is 11. The number of likely N-dealkylation sites (tertiary alicyclic amines) is 1. The summed E-state index contributed by atoms with van der Waals surface area (Å²) in [6.07, 6.45) is 0.306. The van der Waals surface area contributed by atoms with E-state index in [0.29, 0.717) is 29.1 Å². The summed E-state index contributed by atoms with van der Waals surface area (Å²) < 4.78 is 0. The highest BCUT2D eigenvalue weighted by Gasteiger charge is 2.32. The number of carboxylic acid groups (broad SMARTS) is 1. The lowest BCUT2D eigenvalue weighted by atomic mass is 9.94. The van der Waals surface area contributed by atoms with E-state index in [1.807, 2.05) is 109 Å². The number of carbonyl (C=O) groups is 4. The van der Waals surface area contributed by atoms with Gasteiger partial charge in [0.2, 0.25) is 11.8 Å². The number of nitrogens with zero attached hydrogens (tertiary/aromatic N) is 2. The Morgan fingerprint density at radius 1 is 0.755 bits per heavy atom. The first-order valence-corrected chi connectivity index (χ1v) is 18.4. The Morgan fingerprint density at radius 2 is 1.32 bits per heavy atom. The van der Waals surface area contributed by atoms with Crippen molar-refractivity contribution in [1.29, 1.82) is 0 Å². The molecule has 4 amide bonds. The van der Waals surface area contributed by atoms with Crippen LogP contribution in [0.4, 0.5) is 4.79 Å². The molecule has 1 saturated heterocycles. The second-order valence-electron chi connectivity index (χ2n) is 13.4. The summed E-state index contributed by atoms with van der Waals surface area (Å²) in [4.78, 5) is 59.1. The van der Waals surface area contributed by atoms with Gasteiger partial charge in [-0.25, -0.2) is 9.78 Å². The van der Waals surface area contributed by atoms with Crippen LogP contribution in [-0.4, -0.2) is 57.9 Å². The Hall–Kier alpha value is -6.07. The SMILES string of the molecule is NC(=O)c1nc([C@@H](Cc2ccc3ccccc3c2)NC(=O)[C@@H](Cc2ccc3ccccc3c2)NC(=O)C2CCN(C(=O)O)CC2)sc1-c1ccccc1. The number of nitrogens with two attached hydrogens (primary N) is 1. The Labute approximate surface area is 310 Å². The van der Waals surface area contributed by atoms with Crippen LogP contribution in [0.15, 0.2) is 115 Å². The number of amides is 4. The molecule has 53 heavy (non-hydrogen) atoms. The average molecular weight is 726 g/mol. The monoisotopic (exact) mass is 725 g/mol. The lowest BCUT2D eigenvalue weighted by molar-refractivity contribution is -0.132. The van der Waals surface area contributed by atoms with Crippen LogP contribution < -0.4 is 16.4 Å². The summed E-state index contributed by atoms with van der Waals surface area (Å²) in [5, 5.41) is 20.4. The molecule has 5 aromatic carbocycles. The number of fused-ring (bicyclic) bond motifs is 2. The van der Waals surface area contributed by atoms with E-state index in [0.717, 1.165) is 38.2 Å². The van der Waals surface area contributed by atoms with Gasteiger partial charge >= 0.3 is 6.09 Å². The molecule has 5 N–H and O–H groups in total. The van der Waals surface area contributed by atoms with Gasteiger partial charge in [0, 0.05) is 25.4 Å². The molecule has 7 rings (SSSR count). The third-order valence-corrected chi connectivity index (χ3v) is 11.0. The Balaban J connectivity index is 1.22. The van der Waals surface area contributed by atoms with Gasteiger partial charge in [0.1, 0.15) is 16.7 Å². The maximum atomic E-state index is 14.5. The number of primary amides is 1. The fourth-order valence-electron chi connectivity index (χ4n) is 6.95. The zero-order valence-electron chi connectivity index (χ0n) is 28.9. The Bertz CT molecular complexity index is 2300. The summed E-state index contributed by atoms with van der Waals surface area (Å²) >= 11 is 1.30. The second-order valence-corrected chi connectivity index (χ2v) is 14.4. The van der Waals surface area contributed by atoms with Crippen LogP contribution >= 0.6 is 11.3 Å². The first-order chi connectivity index (χ1) is 25.7. The molecule has 0 aliphatic carbocycles. The van der Waals surface area contributed by atoms with Gasteiger partial charge in [-0.3, -0.25) is 14.4 Å². The minimum absolute atomic E-state index is 0.127. The van der Waals surface area contributed by atoms with Gasteiger partial charge in [-0.2, -0.15) is 0 Å². The normalized spacial score (nSPS) is 14.5. The van der Waals surface area contributed by atoms with Crippen LogP contribution in [0.25, 0.3) is 32.0 Å². The van der Waals surface area contributed by atoms with Crippen molar-refractivity contribution in [3.05, 3.63) is 137 Å². The van der Waals surface area contributed by atoms with Gasteiger partial charge in [0.05, 0.1) is 10.9 Å². The molecule has 0 radical (unpaired) electrons. The fourth-order valence-corrected chi connectivity index (χ4v) is 8.07. The van der Waals surface area contributed by atoms with Crippen molar-refractivity contribution >= 4 is 56.7 Å². The van der Waals surface area contributed by atoms with Crippen LogP contribution in [0, 0.1) is 5.92 Å². The molecule has 1 aromatic heterocycles. The van der Waals surface area contributed by atoms with E-state index in [1.165, 1.54) is 16.2 Å². The molecule has 10 nitrogen and oxygen atoms in total. The van der Waals surface area contributed by atoms with Crippen molar-refractivity contribution in [3.8, 4) is 10.4 Å². The molecule has 0 spiro atoms. The number of aromatic nitrogens is 1. The summed E-state index contributed by atoms with van der Waals surface area (Å²) in [5.74, 6) is -1.80. The molecular weight excluding hydrogens is 687 g/mol. The van der Waals surface area contributed by atoms with E-state index in [1.54, 1.807) is 0 Å². The molecule has 2 atom stereocenters. The van der Waals surface area contributed by atoms with Crippen LogP contribution in [0.1, 0.15) is 45.5 Å². The molecule has 1 aliphatic rings. The smallest absolute Gasteiger partial charge is 0.407 e. The number of benzene rings is 5. The average Bonchev–Trinajstić information content (AvgIpc) is 3.64. The van der Waals surface area contributed by atoms with E-state index in [4.69, 9.17) is 10.7 Å². The lowest BCUT2D eigenvalue weighted by Gasteiger charge is -2.30. The molecule has 11 heteroatoms. The quantitative estimate of drug-likeness (QED) is 0.116. The molecule has 0 unspecified atom stereocenters. The second kappa shape index (κ2) is 15.7. The van der Waals surface area contributed by atoms with Gasteiger partial charge < -0.3 is 26.4 Å². The molecule has 0 bridgehead atoms. The van der Waals surface area contributed by atoms with Crippen molar-refractivity contribution in [2.45, 2.75) is 37.8 Å². The predicted octanol–water partition coefficient (Wildman–Crippen LogP) is 6.73. The zero-order valence-corrected chi connectivity index (χ0v) is 29.7. The third kappa shape index (κ3) is 8.21. The number of piperidine rings is 1. The summed E-state index contributed by atoms with van der Waals surface area (Å²) in [6, 6.07) is 35.9. The maximum Gasteiger partial charge on any atom is 0.407 e. The molecule has 6 aromatic rings. The Morgan fingerprint density at radius 3 is 1.91 bits per heavy atom. The highest BCUT2D eigenvalue weighted by atomic mass is 32.1. The zero-order chi connectivity index (χ0) is 36.9. The minimum atomic E-state index is -1.01. The molecule has 1 fully saturated rings. The predicted molar refractivity (Wildman–Crippen MR) is 207 cm³/mol. The molecule has 2 heterocycles. The van der Waals surface area contributed by atoms with Gasteiger partial charge in [0.15, 0.2) is 0 Å². The largest absolute Gasteiger partial charge is 0.465 e. The fraction of sp³-hybridized carbons (Fsp3) is 0.214. The number of hydrogen-bond donors (Lipinski definition) is 4. The highest BCUT2D eigenvalue weighted by molar-refractivity contribution is 7.15. The molecule has 0 saturated carbocycles. The number of hydrogen-bond acceptors (Lipinski definition) is 6. The number of nitrogens with one attached hydrogen (secondary N) is 2. The van der Waals surface area contributed by atoms with Gasteiger partial charge in [0.25, 0.3) is 5.91 Å². The topological polar surface area (TPSA) is 155 Å². The summed E-state index contributed by atoms with van der Waals surface area (Å²) in [6.45, 7) is 0.498. The van der Waals surface area contributed by atoms with E-state index >= 15 is 0 Å². The lowest BCUT2D eigenvalue weighted by Crippen LogP contribution is -2.52. The standard InChI is InChI=1S/C42H39N5O5S/c43-38(48)36-37(30-10-2-1-3-11-30)53-41(46-36)35(25-27-15-17-29-9-5-7-13-33(29)23-27)45-40(50)34(24-26-14-16-28-8-4-6-12-32(28)22-26)44-39(49)31-18-20-47(21-19-31)42(51)52/h1-17,22-23,31,34-35H,18-21,24-25H2,(H2,43,48)(H,44,49)(H,45,50)(H,51,52)/t34-,35-/m1/s1. The van der Waals surface area contributed by atoms with Crippen molar-refractivity contribution in [2.75, 3.05) is 13.1 Å². The first-order valence-electron chi connectivity index (χ1n) is 17.6. The van der Waals surface area contributed by atoms with Crippen LogP contribution in [0.2, 0.25) is 0 Å². The Kier molecular flexibility index (Phi) is 10.4. The van der Waals surface area contributed by atoms with Crippen molar-refractivity contribution in [1.82, 2.24) is 20.5 Å². The van der Waals surface area contributed by atoms with Crippen LogP contribution in [0.3, 0.4) is 0 Å². The number of thiazole rings is 1. The highest BCUT2D eigenvalue weighted by Crippen LogP contribution is 2.34. The minimum Gasteiger partial charge on any atom is -0.465 e. The van der Waals surface area contributed by atoms with Crippen molar-refractivity contribution in [3.63, 3.8) is 0 Å². The van der Waals surface area contributed by atoms with Gasteiger partial charge in [-0.05, 0) is 57.5 Å². The third-order valence-electron chi connectivity index (χ3n) is 9.80. The summed E-state index contributed by atoms with van der Waals surface area (Å²) in [5.41, 5.74) is 8.57. The van der Waals surface area contributed by atoms with Crippen LogP contribution in [0.5, 0.6) is 0 Å². The summed E-state index contributed by atoms with van der Waals surface area (Å²) in [7, 11) is 0. The number of carbonyl (C=O) groups excluding carboxylic acids is 3. The van der Waals surface area contributed by atoms with Crippen molar-refractivity contribution in [2.24, 2.45) is 11.7 Å². The van der Waals surface area contributed by atoms with Gasteiger partial charge in [-0.15, -0.1) is 11.3 Å². The molecule has 268 valence electrons. The van der Waals surface area contributed by atoms with E-state index in [2.05, 4.69) is 16.7 Å². The first kappa shape index (κ1) is 35.3. The van der Waals surface area contributed by atoms with E-state index in [-0.39, 0.29) is 31.1 Å². The van der Waals surface area contributed by atoms with E-state index < -0.39 is 35.9 Å². The molecule has 1 aliphatic heterocycles. The van der Waals surface area contributed by atoms with E-state index in [9.17, 15) is 24.3 Å². The maximum absolute atomic E-state index is 14.5. The molecular formula is C42H39N5O5S. The van der Waals surface area contributed by atoms with Crippen molar-refractivity contribution < 1.29 is 24.3 Å².